The summed E-state index contributed by atoms with van der Waals surface area (Å²) < 4.78 is 18.1. The Morgan fingerprint density at radius 3 is 2.62 bits per heavy atom. The second kappa shape index (κ2) is 7.02. The van der Waals surface area contributed by atoms with Crippen molar-refractivity contribution in [3.05, 3.63) is 53.5 Å². The van der Waals surface area contributed by atoms with Gasteiger partial charge in [0.05, 0.1) is 0 Å². The van der Waals surface area contributed by atoms with Crippen LogP contribution >= 0.6 is 0 Å². The summed E-state index contributed by atoms with van der Waals surface area (Å²) in [7, 11) is 0. The molecule has 0 aliphatic heterocycles. The first-order chi connectivity index (χ1) is 10.1. The number of amides is 1. The smallest absolute Gasteiger partial charge is 0.276 e. The second-order valence-electron chi connectivity index (χ2n) is 4.96. The normalized spacial score (nSPS) is 10.6. The van der Waals surface area contributed by atoms with E-state index in [1.807, 2.05) is 0 Å². The van der Waals surface area contributed by atoms with Gasteiger partial charge in [-0.05, 0) is 31.0 Å². The third-order valence-electron chi connectivity index (χ3n) is 3.30. The number of unbranched alkanes of at least 4 members (excludes halogenated alkanes) is 1. The van der Waals surface area contributed by atoms with Crippen LogP contribution in [0.4, 0.5) is 4.39 Å². The maximum absolute atomic E-state index is 13.0. The molecule has 0 radical (unpaired) electrons. The van der Waals surface area contributed by atoms with E-state index in [0.29, 0.717) is 24.5 Å². The molecule has 0 unspecified atom stereocenters. The highest BCUT2D eigenvalue weighted by Crippen LogP contribution is 2.13. The molecule has 1 heterocycles. The predicted molar refractivity (Wildman–Crippen MR) is 77.3 cm³/mol. The van der Waals surface area contributed by atoms with E-state index in [2.05, 4.69) is 11.9 Å². The lowest BCUT2D eigenvalue weighted by Gasteiger charge is -2.22. The molecule has 0 fully saturated rings. The van der Waals surface area contributed by atoms with Crippen LogP contribution in [0.5, 0.6) is 0 Å². The highest BCUT2D eigenvalue weighted by molar-refractivity contribution is 5.93. The van der Waals surface area contributed by atoms with Crippen LogP contribution in [-0.4, -0.2) is 22.3 Å². The first kappa shape index (κ1) is 15.2. The van der Waals surface area contributed by atoms with Gasteiger partial charge in [0.25, 0.3) is 5.91 Å². The third kappa shape index (κ3) is 3.90. The molecule has 1 amide bonds. The van der Waals surface area contributed by atoms with E-state index in [1.165, 1.54) is 18.5 Å². The van der Waals surface area contributed by atoms with Gasteiger partial charge >= 0.3 is 0 Å². The molecular formula is C16H19FN2O2. The summed E-state index contributed by atoms with van der Waals surface area (Å²) in [6.45, 7) is 4.86. The molecule has 0 aliphatic carbocycles. The van der Waals surface area contributed by atoms with Crippen LogP contribution in [0.3, 0.4) is 0 Å². The van der Waals surface area contributed by atoms with Gasteiger partial charge in [-0.15, -0.1) is 0 Å². The molecule has 2 aromatic rings. The number of aromatic nitrogens is 1. The molecule has 1 aromatic carbocycles. The maximum Gasteiger partial charge on any atom is 0.276 e. The number of benzene rings is 1. The number of carbonyl (C=O) groups is 1. The molecule has 4 nitrogen and oxygen atoms in total. The second-order valence-corrected chi connectivity index (χ2v) is 4.96. The van der Waals surface area contributed by atoms with Crippen molar-refractivity contribution in [3.63, 3.8) is 0 Å². The number of hydrogen-bond donors (Lipinski definition) is 0. The zero-order valence-corrected chi connectivity index (χ0v) is 12.3. The van der Waals surface area contributed by atoms with E-state index in [0.717, 1.165) is 18.4 Å². The SMILES string of the molecule is CCCCN(Cc1ccc(F)cc1)C(=O)c1ncoc1C. The fourth-order valence-corrected chi connectivity index (χ4v) is 2.07. The maximum atomic E-state index is 13.0. The van der Waals surface area contributed by atoms with Crippen molar-refractivity contribution in [2.24, 2.45) is 0 Å². The number of oxazole rings is 1. The van der Waals surface area contributed by atoms with Crippen molar-refractivity contribution in [2.75, 3.05) is 6.54 Å². The lowest BCUT2D eigenvalue weighted by Crippen LogP contribution is -2.32. The Morgan fingerprint density at radius 2 is 2.05 bits per heavy atom. The molecule has 0 saturated carbocycles. The molecule has 0 atom stereocenters. The minimum absolute atomic E-state index is 0.154. The number of nitrogens with zero attached hydrogens (tertiary/aromatic N) is 2. The number of aryl methyl sites for hydroxylation is 1. The monoisotopic (exact) mass is 290 g/mol. The predicted octanol–water partition coefficient (Wildman–Crippen LogP) is 3.56. The summed E-state index contributed by atoms with van der Waals surface area (Å²) in [5.74, 6) is 0.0807. The Labute approximate surface area is 123 Å². The van der Waals surface area contributed by atoms with E-state index in [9.17, 15) is 9.18 Å². The molecule has 0 bridgehead atoms. The molecule has 112 valence electrons. The van der Waals surface area contributed by atoms with E-state index < -0.39 is 0 Å². The van der Waals surface area contributed by atoms with Crippen molar-refractivity contribution in [2.45, 2.75) is 33.2 Å². The quantitative estimate of drug-likeness (QED) is 0.817. The van der Waals surface area contributed by atoms with E-state index >= 15 is 0 Å². The number of carbonyl (C=O) groups excluding carboxylic acids is 1. The number of hydrogen-bond acceptors (Lipinski definition) is 3. The Bertz CT molecular complexity index is 593. The largest absolute Gasteiger partial charge is 0.448 e. The molecule has 5 heteroatoms. The van der Waals surface area contributed by atoms with Crippen molar-refractivity contribution >= 4 is 5.91 Å². The minimum Gasteiger partial charge on any atom is -0.448 e. The third-order valence-corrected chi connectivity index (χ3v) is 3.30. The Kier molecular flexibility index (Phi) is 5.09. The topological polar surface area (TPSA) is 46.3 Å². The number of halogens is 1. The van der Waals surface area contributed by atoms with Crippen LogP contribution in [0.1, 0.15) is 41.6 Å². The highest BCUT2D eigenvalue weighted by Gasteiger charge is 2.20. The van der Waals surface area contributed by atoms with Crippen LogP contribution in [0.15, 0.2) is 35.1 Å². The lowest BCUT2D eigenvalue weighted by atomic mass is 10.2. The van der Waals surface area contributed by atoms with Gasteiger partial charge in [-0.25, -0.2) is 9.37 Å². The Morgan fingerprint density at radius 1 is 1.33 bits per heavy atom. The van der Waals surface area contributed by atoms with E-state index in [-0.39, 0.29) is 11.7 Å². The standard InChI is InChI=1S/C16H19FN2O2/c1-3-4-9-19(10-13-5-7-14(17)8-6-13)16(20)15-12(2)21-11-18-15/h5-8,11H,3-4,9-10H2,1-2H3. The summed E-state index contributed by atoms with van der Waals surface area (Å²) in [6.07, 6.45) is 3.17. The average molecular weight is 290 g/mol. The van der Waals surface area contributed by atoms with Crippen molar-refractivity contribution in [1.29, 1.82) is 0 Å². The Balaban J connectivity index is 2.15. The van der Waals surface area contributed by atoms with Gasteiger partial charge in [-0.2, -0.15) is 0 Å². The van der Waals surface area contributed by atoms with Gasteiger partial charge in [0, 0.05) is 13.1 Å². The van der Waals surface area contributed by atoms with Crippen molar-refractivity contribution in [1.82, 2.24) is 9.88 Å². The Hall–Kier alpha value is -2.17. The molecule has 1 aromatic heterocycles. The summed E-state index contributed by atoms with van der Waals surface area (Å²) >= 11 is 0. The van der Waals surface area contributed by atoms with Crippen molar-refractivity contribution in [3.8, 4) is 0 Å². The molecule has 0 N–H and O–H groups in total. The first-order valence-corrected chi connectivity index (χ1v) is 7.05. The first-order valence-electron chi connectivity index (χ1n) is 7.05. The molecule has 2 rings (SSSR count). The lowest BCUT2D eigenvalue weighted by molar-refractivity contribution is 0.0734. The van der Waals surface area contributed by atoms with Gasteiger partial charge in [0.1, 0.15) is 11.6 Å². The average Bonchev–Trinajstić information content (AvgIpc) is 2.91. The number of rotatable bonds is 6. The van der Waals surface area contributed by atoms with E-state index in [1.54, 1.807) is 24.0 Å². The van der Waals surface area contributed by atoms with Gasteiger partial charge in [-0.3, -0.25) is 4.79 Å². The van der Waals surface area contributed by atoms with Gasteiger partial charge < -0.3 is 9.32 Å². The van der Waals surface area contributed by atoms with Crippen LogP contribution in [0.2, 0.25) is 0 Å². The zero-order valence-electron chi connectivity index (χ0n) is 12.3. The van der Waals surface area contributed by atoms with Gasteiger partial charge in [-0.1, -0.05) is 25.5 Å². The fourth-order valence-electron chi connectivity index (χ4n) is 2.07. The van der Waals surface area contributed by atoms with E-state index in [4.69, 9.17) is 4.42 Å². The fraction of sp³-hybridized carbons (Fsp3) is 0.375. The molecule has 0 spiro atoms. The molecule has 21 heavy (non-hydrogen) atoms. The molecule has 0 saturated heterocycles. The summed E-state index contributed by atoms with van der Waals surface area (Å²) in [6, 6.07) is 6.19. The summed E-state index contributed by atoms with van der Waals surface area (Å²) in [5, 5.41) is 0. The van der Waals surface area contributed by atoms with Crippen LogP contribution < -0.4 is 0 Å². The van der Waals surface area contributed by atoms with Crippen LogP contribution in [-0.2, 0) is 6.54 Å². The van der Waals surface area contributed by atoms with Crippen LogP contribution in [0, 0.1) is 12.7 Å². The zero-order chi connectivity index (χ0) is 15.2. The molecule has 0 aliphatic rings. The van der Waals surface area contributed by atoms with Gasteiger partial charge in [0.15, 0.2) is 12.1 Å². The summed E-state index contributed by atoms with van der Waals surface area (Å²) in [5.41, 5.74) is 1.23. The highest BCUT2D eigenvalue weighted by atomic mass is 19.1. The molecular weight excluding hydrogens is 271 g/mol. The van der Waals surface area contributed by atoms with Crippen LogP contribution in [0.25, 0.3) is 0 Å². The van der Waals surface area contributed by atoms with Crippen molar-refractivity contribution < 1.29 is 13.6 Å². The summed E-state index contributed by atoms with van der Waals surface area (Å²) in [4.78, 5) is 18.2. The minimum atomic E-state index is -0.280. The van der Waals surface area contributed by atoms with Gasteiger partial charge in [0.2, 0.25) is 0 Å².